The molecule has 0 bridgehead atoms. The lowest BCUT2D eigenvalue weighted by molar-refractivity contribution is 0.0993. The molecule has 0 aliphatic carbocycles. The van der Waals surface area contributed by atoms with E-state index in [0.717, 1.165) is 11.1 Å². The van der Waals surface area contributed by atoms with Crippen molar-refractivity contribution < 1.29 is 19.0 Å². The molecule has 0 fully saturated rings. The highest BCUT2D eigenvalue weighted by Crippen LogP contribution is 2.50. The molecule has 0 spiro atoms. The molecule has 1 aromatic carbocycles. The highest BCUT2D eigenvalue weighted by atomic mass is 16.5. The van der Waals surface area contributed by atoms with Gasteiger partial charge < -0.3 is 14.2 Å². The van der Waals surface area contributed by atoms with Crippen LogP contribution < -0.4 is 14.2 Å². The minimum Gasteiger partial charge on any atom is -0.492 e. The second-order valence-corrected chi connectivity index (χ2v) is 7.26. The Morgan fingerprint density at radius 2 is 1.54 bits per heavy atom. The van der Waals surface area contributed by atoms with Crippen molar-refractivity contribution in [3.8, 4) is 17.2 Å². The SMILES string of the molecule is CCOc1c2c(c3c(c1C(C)=O)OC(C)(C)C=C3)OC(C)(C)C=C2. The lowest BCUT2D eigenvalue weighted by Crippen LogP contribution is -2.32. The topological polar surface area (TPSA) is 44.8 Å². The summed E-state index contributed by atoms with van der Waals surface area (Å²) in [6, 6.07) is 0. The number of benzene rings is 1. The lowest BCUT2D eigenvalue weighted by Gasteiger charge is -2.35. The van der Waals surface area contributed by atoms with Crippen LogP contribution >= 0.6 is 0 Å². The van der Waals surface area contributed by atoms with E-state index >= 15 is 0 Å². The third kappa shape index (κ3) is 2.70. The summed E-state index contributed by atoms with van der Waals surface area (Å²) in [4.78, 5) is 12.4. The van der Waals surface area contributed by atoms with Crippen molar-refractivity contribution >= 4 is 17.9 Å². The monoisotopic (exact) mass is 328 g/mol. The summed E-state index contributed by atoms with van der Waals surface area (Å²) in [6.07, 6.45) is 7.92. The summed E-state index contributed by atoms with van der Waals surface area (Å²) in [7, 11) is 0. The summed E-state index contributed by atoms with van der Waals surface area (Å²) >= 11 is 0. The quantitative estimate of drug-likeness (QED) is 0.757. The molecule has 128 valence electrons. The van der Waals surface area contributed by atoms with E-state index in [1.165, 1.54) is 6.92 Å². The fourth-order valence-electron chi connectivity index (χ4n) is 3.02. The van der Waals surface area contributed by atoms with Crippen LogP contribution in [0.3, 0.4) is 0 Å². The number of fused-ring (bicyclic) bond motifs is 3. The van der Waals surface area contributed by atoms with Crippen LogP contribution in [0.1, 0.15) is 63.0 Å². The molecule has 1 aromatic rings. The van der Waals surface area contributed by atoms with Crippen molar-refractivity contribution in [1.29, 1.82) is 0 Å². The molecular weight excluding hydrogens is 304 g/mol. The Bertz CT molecular complexity index is 767. The van der Waals surface area contributed by atoms with Gasteiger partial charge >= 0.3 is 0 Å². The van der Waals surface area contributed by atoms with Crippen LogP contribution in [0.2, 0.25) is 0 Å². The number of carbonyl (C=O) groups excluding carboxylic acids is 1. The van der Waals surface area contributed by atoms with Crippen molar-refractivity contribution in [2.45, 2.75) is 52.7 Å². The van der Waals surface area contributed by atoms with Gasteiger partial charge in [-0.2, -0.15) is 0 Å². The number of hydrogen-bond acceptors (Lipinski definition) is 4. The largest absolute Gasteiger partial charge is 0.492 e. The first-order chi connectivity index (χ1) is 11.2. The highest BCUT2D eigenvalue weighted by molar-refractivity contribution is 6.04. The normalized spacial score (nSPS) is 18.9. The molecular formula is C20H24O4. The first-order valence-electron chi connectivity index (χ1n) is 8.29. The van der Waals surface area contributed by atoms with Gasteiger partial charge in [0.15, 0.2) is 5.78 Å². The number of ether oxygens (including phenoxy) is 3. The zero-order valence-electron chi connectivity index (χ0n) is 15.1. The van der Waals surface area contributed by atoms with E-state index in [1.54, 1.807) is 0 Å². The standard InChI is InChI=1S/C20H24O4/c1-7-22-17-13-8-10-19(3,4)23-16(13)14-9-11-20(5,6)24-18(14)15(17)12(2)21/h8-11H,7H2,1-6H3. The number of carbonyl (C=O) groups is 1. The number of rotatable bonds is 3. The molecule has 0 amide bonds. The second-order valence-electron chi connectivity index (χ2n) is 7.26. The molecule has 2 aliphatic heterocycles. The van der Waals surface area contributed by atoms with Crippen LogP contribution in [-0.2, 0) is 0 Å². The molecule has 0 radical (unpaired) electrons. The fourth-order valence-corrected chi connectivity index (χ4v) is 3.02. The predicted octanol–water partition coefficient (Wildman–Crippen LogP) is 4.66. The summed E-state index contributed by atoms with van der Waals surface area (Å²) in [5.41, 5.74) is 1.16. The maximum atomic E-state index is 12.4. The third-order valence-corrected chi connectivity index (χ3v) is 4.11. The summed E-state index contributed by atoms with van der Waals surface area (Å²) < 4.78 is 18.2. The Morgan fingerprint density at radius 3 is 2.08 bits per heavy atom. The van der Waals surface area contributed by atoms with Crippen molar-refractivity contribution in [2.24, 2.45) is 0 Å². The van der Waals surface area contributed by atoms with Gasteiger partial charge in [-0.15, -0.1) is 0 Å². The summed E-state index contributed by atoms with van der Waals surface area (Å²) in [5.74, 6) is 1.71. The van der Waals surface area contributed by atoms with Gasteiger partial charge in [0.1, 0.15) is 34.0 Å². The van der Waals surface area contributed by atoms with Gasteiger partial charge in [-0.25, -0.2) is 0 Å². The van der Waals surface area contributed by atoms with Crippen LogP contribution in [0.25, 0.3) is 12.2 Å². The van der Waals surface area contributed by atoms with E-state index in [0.29, 0.717) is 29.4 Å². The van der Waals surface area contributed by atoms with Crippen LogP contribution in [-0.4, -0.2) is 23.6 Å². The summed E-state index contributed by atoms with van der Waals surface area (Å²) in [5, 5.41) is 0. The second kappa shape index (κ2) is 5.40. The molecule has 0 saturated heterocycles. The molecule has 2 heterocycles. The highest BCUT2D eigenvalue weighted by Gasteiger charge is 2.36. The Morgan fingerprint density at radius 1 is 1.00 bits per heavy atom. The molecule has 0 aromatic heterocycles. The Balaban J connectivity index is 2.37. The van der Waals surface area contributed by atoms with Crippen molar-refractivity contribution in [3.05, 3.63) is 28.8 Å². The minimum absolute atomic E-state index is 0.0816. The van der Waals surface area contributed by atoms with E-state index in [-0.39, 0.29) is 5.78 Å². The number of ketones is 1. The van der Waals surface area contributed by atoms with E-state index in [9.17, 15) is 4.79 Å². The maximum absolute atomic E-state index is 12.4. The van der Waals surface area contributed by atoms with E-state index in [1.807, 2.05) is 58.9 Å². The molecule has 4 heteroatoms. The molecule has 0 saturated carbocycles. The van der Waals surface area contributed by atoms with E-state index < -0.39 is 11.2 Å². The molecule has 2 aliphatic rings. The van der Waals surface area contributed by atoms with Gasteiger partial charge in [-0.1, -0.05) is 0 Å². The lowest BCUT2D eigenvalue weighted by atomic mass is 9.91. The average molecular weight is 328 g/mol. The van der Waals surface area contributed by atoms with Gasteiger partial charge in [-0.05, 0) is 65.8 Å². The zero-order chi connectivity index (χ0) is 17.7. The Hall–Kier alpha value is -2.23. The van der Waals surface area contributed by atoms with Gasteiger partial charge in [0.2, 0.25) is 0 Å². The van der Waals surface area contributed by atoms with Crippen molar-refractivity contribution in [1.82, 2.24) is 0 Å². The molecule has 3 rings (SSSR count). The summed E-state index contributed by atoms with van der Waals surface area (Å²) in [6.45, 7) is 11.8. The maximum Gasteiger partial charge on any atom is 0.167 e. The first-order valence-corrected chi connectivity index (χ1v) is 8.29. The first kappa shape index (κ1) is 16.6. The van der Waals surface area contributed by atoms with Crippen LogP contribution in [0.15, 0.2) is 12.2 Å². The van der Waals surface area contributed by atoms with Crippen LogP contribution in [0.4, 0.5) is 0 Å². The Labute approximate surface area is 143 Å². The van der Waals surface area contributed by atoms with Crippen molar-refractivity contribution in [2.75, 3.05) is 6.61 Å². The molecule has 0 atom stereocenters. The molecule has 0 N–H and O–H groups in total. The predicted molar refractivity (Wildman–Crippen MR) is 95.1 cm³/mol. The van der Waals surface area contributed by atoms with Gasteiger partial charge in [0, 0.05) is 0 Å². The minimum atomic E-state index is -0.491. The average Bonchev–Trinajstić information content (AvgIpc) is 2.44. The van der Waals surface area contributed by atoms with Crippen molar-refractivity contribution in [3.63, 3.8) is 0 Å². The van der Waals surface area contributed by atoms with Gasteiger partial charge in [0.25, 0.3) is 0 Å². The molecule has 24 heavy (non-hydrogen) atoms. The fraction of sp³-hybridized carbons (Fsp3) is 0.450. The Kier molecular flexibility index (Phi) is 3.74. The van der Waals surface area contributed by atoms with Crippen LogP contribution in [0, 0.1) is 0 Å². The zero-order valence-corrected chi connectivity index (χ0v) is 15.1. The van der Waals surface area contributed by atoms with E-state index in [4.69, 9.17) is 14.2 Å². The number of Topliss-reactive ketones (excluding diaryl/α,β-unsaturated/α-hetero) is 1. The smallest absolute Gasteiger partial charge is 0.167 e. The number of hydrogen-bond donors (Lipinski definition) is 0. The molecule has 0 unspecified atom stereocenters. The van der Waals surface area contributed by atoms with Gasteiger partial charge in [-0.3, -0.25) is 4.79 Å². The third-order valence-electron chi connectivity index (χ3n) is 4.11. The molecule has 4 nitrogen and oxygen atoms in total. The van der Waals surface area contributed by atoms with Gasteiger partial charge in [0.05, 0.1) is 17.7 Å². The van der Waals surface area contributed by atoms with Crippen LogP contribution in [0.5, 0.6) is 17.2 Å². The van der Waals surface area contributed by atoms with E-state index in [2.05, 4.69) is 0 Å².